The van der Waals surface area contributed by atoms with Crippen LogP contribution in [0.2, 0.25) is 0 Å². The Balaban J connectivity index is 2.47. The molecule has 0 saturated carbocycles. The second kappa shape index (κ2) is 7.35. The van der Waals surface area contributed by atoms with E-state index in [0.29, 0.717) is 0 Å². The molecule has 0 saturated heterocycles. The van der Waals surface area contributed by atoms with Crippen molar-refractivity contribution in [2.24, 2.45) is 0 Å². The summed E-state index contributed by atoms with van der Waals surface area (Å²) in [4.78, 5) is 22.7. The molecule has 1 aromatic rings. The van der Waals surface area contributed by atoms with E-state index in [-0.39, 0.29) is 17.9 Å². The largest absolute Gasteiger partial charge is 0.463 e. The molecule has 0 atom stereocenters. The molecule has 0 bridgehead atoms. The van der Waals surface area contributed by atoms with E-state index in [1.807, 2.05) is 6.92 Å². The molecule has 1 rings (SSSR count). The van der Waals surface area contributed by atoms with Crippen molar-refractivity contribution < 1.29 is 23.5 Å². The lowest BCUT2D eigenvalue weighted by molar-refractivity contribution is -0.147. The Kier molecular flexibility index (Phi) is 5.78. The Labute approximate surface area is 110 Å². The van der Waals surface area contributed by atoms with Crippen LogP contribution in [0.1, 0.15) is 30.1 Å². The first-order chi connectivity index (χ1) is 9.04. The van der Waals surface area contributed by atoms with Crippen molar-refractivity contribution in [1.29, 1.82) is 0 Å². The van der Waals surface area contributed by atoms with Crippen LogP contribution in [0.25, 0.3) is 0 Å². The molecule has 0 aliphatic heterocycles. The second-order valence-electron chi connectivity index (χ2n) is 3.89. The molecule has 0 amide bonds. The molecule has 2 N–H and O–H groups in total. The summed E-state index contributed by atoms with van der Waals surface area (Å²) in [7, 11) is 0. The number of rotatable bonds is 6. The maximum atomic E-state index is 13.3. The molecule has 0 aliphatic carbocycles. The smallest absolute Gasteiger partial charge is 0.344 e. The molecule has 0 aliphatic rings. The molecule has 0 spiro atoms. The Morgan fingerprint density at radius 1 is 1.32 bits per heavy atom. The summed E-state index contributed by atoms with van der Waals surface area (Å²) in [6, 6.07) is 3.54. The van der Waals surface area contributed by atoms with E-state index in [4.69, 9.17) is 10.5 Å². The van der Waals surface area contributed by atoms with E-state index in [1.165, 1.54) is 6.07 Å². The third kappa shape index (κ3) is 4.95. The van der Waals surface area contributed by atoms with Crippen LogP contribution in [-0.4, -0.2) is 25.2 Å². The normalized spacial score (nSPS) is 10.0. The molecule has 19 heavy (non-hydrogen) atoms. The molecule has 0 aromatic heterocycles. The number of unbranched alkanes of at least 4 members (excludes halogenated alkanes) is 1. The molecule has 0 heterocycles. The van der Waals surface area contributed by atoms with Crippen LogP contribution >= 0.6 is 0 Å². The zero-order chi connectivity index (χ0) is 14.3. The number of carbonyl (C=O) groups excluding carboxylic acids is 2. The fraction of sp³-hybridized carbons (Fsp3) is 0.385. The van der Waals surface area contributed by atoms with E-state index >= 15 is 0 Å². The van der Waals surface area contributed by atoms with Crippen LogP contribution in [0, 0.1) is 5.82 Å². The quantitative estimate of drug-likeness (QED) is 0.485. The molecule has 6 heteroatoms. The molecular formula is C13H16FNO4. The zero-order valence-corrected chi connectivity index (χ0v) is 10.6. The van der Waals surface area contributed by atoms with E-state index in [1.54, 1.807) is 0 Å². The second-order valence-corrected chi connectivity index (χ2v) is 3.89. The third-order valence-electron chi connectivity index (χ3n) is 2.29. The predicted octanol–water partition coefficient (Wildman–Crippen LogP) is 1.91. The van der Waals surface area contributed by atoms with Gasteiger partial charge in [-0.05, 0) is 24.6 Å². The van der Waals surface area contributed by atoms with Gasteiger partial charge in [0.2, 0.25) is 0 Å². The number of nitrogens with two attached hydrogens (primary N) is 1. The zero-order valence-electron chi connectivity index (χ0n) is 10.6. The molecule has 5 nitrogen and oxygen atoms in total. The highest BCUT2D eigenvalue weighted by atomic mass is 19.1. The van der Waals surface area contributed by atoms with Gasteiger partial charge in [0, 0.05) is 5.69 Å². The van der Waals surface area contributed by atoms with E-state index < -0.39 is 24.4 Å². The number of hydrogen-bond donors (Lipinski definition) is 1. The molecule has 0 fully saturated rings. The predicted molar refractivity (Wildman–Crippen MR) is 67.0 cm³/mol. The van der Waals surface area contributed by atoms with Gasteiger partial charge >= 0.3 is 11.9 Å². The van der Waals surface area contributed by atoms with Gasteiger partial charge in [0.05, 0.1) is 12.2 Å². The number of halogens is 1. The summed E-state index contributed by atoms with van der Waals surface area (Å²) in [5.74, 6) is -2.36. The number of nitrogen functional groups attached to an aromatic ring is 1. The van der Waals surface area contributed by atoms with Gasteiger partial charge in [-0.3, -0.25) is 0 Å². The molecule has 0 radical (unpaired) electrons. The van der Waals surface area contributed by atoms with Crippen LogP contribution in [-0.2, 0) is 14.3 Å². The Morgan fingerprint density at radius 3 is 2.74 bits per heavy atom. The summed E-state index contributed by atoms with van der Waals surface area (Å²) >= 11 is 0. The summed E-state index contributed by atoms with van der Waals surface area (Å²) in [6.45, 7) is 1.69. The first-order valence-corrected chi connectivity index (χ1v) is 5.92. The van der Waals surface area contributed by atoms with E-state index in [9.17, 15) is 14.0 Å². The fourth-order valence-electron chi connectivity index (χ4n) is 1.27. The van der Waals surface area contributed by atoms with Gasteiger partial charge in [0.1, 0.15) is 5.82 Å². The highest BCUT2D eigenvalue weighted by molar-refractivity contribution is 5.91. The lowest BCUT2D eigenvalue weighted by Crippen LogP contribution is -2.17. The number of anilines is 1. The monoisotopic (exact) mass is 269 g/mol. The number of carbonyl (C=O) groups is 2. The van der Waals surface area contributed by atoms with Gasteiger partial charge in [-0.15, -0.1) is 0 Å². The van der Waals surface area contributed by atoms with Crippen LogP contribution in [0.4, 0.5) is 10.1 Å². The van der Waals surface area contributed by atoms with Gasteiger partial charge < -0.3 is 15.2 Å². The molecule has 104 valence electrons. The van der Waals surface area contributed by atoms with Gasteiger partial charge in [-0.2, -0.15) is 0 Å². The number of ether oxygens (including phenoxy) is 2. The average molecular weight is 269 g/mol. The summed E-state index contributed by atoms with van der Waals surface area (Å²) < 4.78 is 22.8. The topological polar surface area (TPSA) is 78.6 Å². The summed E-state index contributed by atoms with van der Waals surface area (Å²) in [6.07, 6.45) is 1.63. The van der Waals surface area contributed by atoms with Gasteiger partial charge in [-0.25, -0.2) is 14.0 Å². The summed E-state index contributed by atoms with van der Waals surface area (Å²) in [5, 5.41) is 0. The minimum atomic E-state index is -0.947. The van der Waals surface area contributed by atoms with Gasteiger partial charge in [0.25, 0.3) is 0 Å². The standard InChI is InChI=1S/C13H16FNO4/c1-2-3-6-18-12(16)8-19-13(17)10-7-9(15)4-5-11(10)14/h4-5,7H,2-3,6,8,15H2,1H3. The third-order valence-corrected chi connectivity index (χ3v) is 2.29. The van der Waals surface area contributed by atoms with Crippen LogP contribution in [0.15, 0.2) is 18.2 Å². The highest BCUT2D eigenvalue weighted by Crippen LogP contribution is 2.13. The SMILES string of the molecule is CCCCOC(=O)COC(=O)c1cc(N)ccc1F. The molecule has 0 unspecified atom stereocenters. The molecular weight excluding hydrogens is 253 g/mol. The van der Waals surface area contributed by atoms with Crippen LogP contribution in [0.5, 0.6) is 0 Å². The van der Waals surface area contributed by atoms with E-state index in [0.717, 1.165) is 25.0 Å². The van der Waals surface area contributed by atoms with Crippen molar-refractivity contribution in [2.75, 3.05) is 18.9 Å². The van der Waals surface area contributed by atoms with Crippen molar-refractivity contribution in [2.45, 2.75) is 19.8 Å². The number of esters is 2. The minimum Gasteiger partial charge on any atom is -0.463 e. The van der Waals surface area contributed by atoms with Crippen molar-refractivity contribution in [3.8, 4) is 0 Å². The Bertz CT molecular complexity index is 462. The maximum Gasteiger partial charge on any atom is 0.344 e. The lowest BCUT2D eigenvalue weighted by atomic mass is 10.2. The van der Waals surface area contributed by atoms with Crippen molar-refractivity contribution >= 4 is 17.6 Å². The fourth-order valence-corrected chi connectivity index (χ4v) is 1.27. The maximum absolute atomic E-state index is 13.3. The van der Waals surface area contributed by atoms with Crippen LogP contribution in [0.3, 0.4) is 0 Å². The number of benzene rings is 1. The average Bonchev–Trinajstić information content (AvgIpc) is 2.39. The lowest BCUT2D eigenvalue weighted by Gasteiger charge is -2.06. The highest BCUT2D eigenvalue weighted by Gasteiger charge is 2.15. The Hall–Kier alpha value is -2.11. The Morgan fingerprint density at radius 2 is 2.05 bits per heavy atom. The van der Waals surface area contributed by atoms with Crippen molar-refractivity contribution in [3.05, 3.63) is 29.6 Å². The first-order valence-electron chi connectivity index (χ1n) is 5.92. The summed E-state index contributed by atoms with van der Waals surface area (Å²) in [5.41, 5.74) is 5.37. The van der Waals surface area contributed by atoms with E-state index in [2.05, 4.69) is 4.74 Å². The van der Waals surface area contributed by atoms with Crippen molar-refractivity contribution in [1.82, 2.24) is 0 Å². The minimum absolute atomic E-state index is 0.235. The number of hydrogen-bond acceptors (Lipinski definition) is 5. The van der Waals surface area contributed by atoms with Crippen molar-refractivity contribution in [3.63, 3.8) is 0 Å². The van der Waals surface area contributed by atoms with Gasteiger partial charge in [-0.1, -0.05) is 13.3 Å². The van der Waals surface area contributed by atoms with Gasteiger partial charge in [0.15, 0.2) is 6.61 Å². The first kappa shape index (κ1) is 14.9. The molecule has 1 aromatic carbocycles. The van der Waals surface area contributed by atoms with Crippen LogP contribution < -0.4 is 5.73 Å².